The molecule has 3 aromatic rings. The lowest BCUT2D eigenvalue weighted by atomic mass is 9.93. The fourth-order valence-corrected chi connectivity index (χ4v) is 5.31. The molecule has 2 aromatic carbocycles. The number of carbonyl (C=O) groups is 1. The van der Waals surface area contributed by atoms with E-state index in [4.69, 9.17) is 14.2 Å². The van der Waals surface area contributed by atoms with Crippen LogP contribution in [0.4, 0.5) is 0 Å². The molecular formula is C28H31N3O5. The molecule has 1 aromatic heterocycles. The van der Waals surface area contributed by atoms with Crippen LogP contribution in [-0.4, -0.2) is 59.1 Å². The number of aromatic amines is 1. The Kier molecular flexibility index (Phi) is 6.45. The molecule has 5 rings (SSSR count). The molecule has 8 heteroatoms. The van der Waals surface area contributed by atoms with Crippen LogP contribution in [0.15, 0.2) is 43.0 Å². The van der Waals surface area contributed by atoms with E-state index in [9.17, 15) is 9.90 Å². The number of carbonyl (C=O) groups excluding carboxylic acids is 1. The molecule has 3 heterocycles. The maximum Gasteiger partial charge on any atom is 0.273 e. The van der Waals surface area contributed by atoms with Gasteiger partial charge >= 0.3 is 0 Å². The Labute approximate surface area is 210 Å². The molecule has 36 heavy (non-hydrogen) atoms. The first-order valence-electron chi connectivity index (χ1n) is 12.2. The number of nitrogens with one attached hydrogen (secondary N) is 1. The lowest BCUT2D eigenvalue weighted by Crippen LogP contribution is -2.36. The molecule has 0 saturated carbocycles. The molecule has 2 unspecified atom stereocenters. The van der Waals surface area contributed by atoms with E-state index in [2.05, 4.69) is 16.8 Å². The van der Waals surface area contributed by atoms with Crippen molar-refractivity contribution in [2.75, 3.05) is 26.9 Å². The number of nitrogens with zero attached hydrogens (tertiary/aromatic N) is 2. The van der Waals surface area contributed by atoms with Crippen molar-refractivity contribution in [1.29, 1.82) is 0 Å². The topological polar surface area (TPSA) is 96.9 Å². The van der Waals surface area contributed by atoms with Crippen LogP contribution in [0.5, 0.6) is 17.2 Å². The van der Waals surface area contributed by atoms with Crippen molar-refractivity contribution in [3.05, 3.63) is 70.9 Å². The third-order valence-electron chi connectivity index (χ3n) is 6.84. The second kappa shape index (κ2) is 9.70. The quantitative estimate of drug-likeness (QED) is 0.446. The molecule has 1 fully saturated rings. The summed E-state index contributed by atoms with van der Waals surface area (Å²) in [7, 11) is 1.59. The number of rotatable bonds is 8. The number of phenolic OH excluding ortho intramolecular Hbond substituents is 1. The fourth-order valence-electron chi connectivity index (χ4n) is 5.31. The van der Waals surface area contributed by atoms with Crippen LogP contribution in [0.1, 0.15) is 51.6 Å². The van der Waals surface area contributed by atoms with Crippen molar-refractivity contribution in [1.82, 2.24) is 15.1 Å². The lowest BCUT2D eigenvalue weighted by molar-refractivity contribution is 0.0495. The highest BCUT2D eigenvalue weighted by atomic mass is 16.5. The van der Waals surface area contributed by atoms with Gasteiger partial charge in [0.2, 0.25) is 0 Å². The van der Waals surface area contributed by atoms with Crippen molar-refractivity contribution in [3.8, 4) is 28.5 Å². The summed E-state index contributed by atoms with van der Waals surface area (Å²) < 4.78 is 17.3. The van der Waals surface area contributed by atoms with Crippen molar-refractivity contribution < 1.29 is 24.1 Å². The number of hydrogen-bond donors (Lipinski definition) is 2. The maximum absolute atomic E-state index is 13.7. The molecule has 0 radical (unpaired) electrons. The number of H-pyrrole nitrogens is 1. The van der Waals surface area contributed by atoms with E-state index in [0.717, 1.165) is 35.1 Å². The summed E-state index contributed by atoms with van der Waals surface area (Å²) in [4.78, 5) is 15.5. The first kappa shape index (κ1) is 23.9. The average Bonchev–Trinajstić information content (AvgIpc) is 3.57. The van der Waals surface area contributed by atoms with Crippen LogP contribution in [0.2, 0.25) is 0 Å². The van der Waals surface area contributed by atoms with Crippen molar-refractivity contribution in [2.45, 2.75) is 38.8 Å². The third kappa shape index (κ3) is 4.11. The minimum atomic E-state index is -0.437. The number of fused-ring (bicyclic) bond motifs is 1. The van der Waals surface area contributed by atoms with Gasteiger partial charge in [-0.1, -0.05) is 24.8 Å². The van der Waals surface area contributed by atoms with Crippen molar-refractivity contribution in [2.24, 2.45) is 0 Å². The van der Waals surface area contributed by atoms with Gasteiger partial charge in [0.1, 0.15) is 23.7 Å². The van der Waals surface area contributed by atoms with Crippen LogP contribution in [0.3, 0.4) is 0 Å². The van der Waals surface area contributed by atoms with Crippen LogP contribution in [-0.2, 0) is 4.74 Å². The summed E-state index contributed by atoms with van der Waals surface area (Å²) in [5, 5.41) is 18.4. The molecule has 188 valence electrons. The zero-order valence-electron chi connectivity index (χ0n) is 20.8. The summed E-state index contributed by atoms with van der Waals surface area (Å²) in [6.07, 6.45) is 3.54. The van der Waals surface area contributed by atoms with Gasteiger partial charge in [-0.25, -0.2) is 0 Å². The van der Waals surface area contributed by atoms with E-state index >= 15 is 0 Å². The molecule has 2 aliphatic rings. The summed E-state index contributed by atoms with van der Waals surface area (Å²) in [6.45, 7) is 9.09. The summed E-state index contributed by atoms with van der Waals surface area (Å²) in [6, 6.07) is 8.96. The molecule has 2 N–H and O–H groups in total. The predicted molar refractivity (Wildman–Crippen MR) is 136 cm³/mol. The number of hydrogen-bond acceptors (Lipinski definition) is 6. The summed E-state index contributed by atoms with van der Waals surface area (Å²) in [5.41, 5.74) is 5.05. The standard InChI is InChI=1S/C28H31N3O5/c1-5-10-36-21-9-8-18(14-22(21)34-4)27-24-25(23-17(3)12-16(2)13-20(23)32)29-30-26(24)28(33)31(27)15-19-7-6-11-35-19/h5,8-9,12-14,19,27,32H,1,6-7,10-11,15H2,2-4H3,(H,29,30). The van der Waals surface area contributed by atoms with E-state index in [0.29, 0.717) is 48.2 Å². The zero-order valence-corrected chi connectivity index (χ0v) is 20.8. The number of ether oxygens (including phenoxy) is 3. The van der Waals surface area contributed by atoms with Gasteiger partial charge in [0, 0.05) is 24.3 Å². The summed E-state index contributed by atoms with van der Waals surface area (Å²) >= 11 is 0. The first-order valence-corrected chi connectivity index (χ1v) is 12.2. The zero-order chi connectivity index (χ0) is 25.4. The highest BCUT2D eigenvalue weighted by molar-refractivity contribution is 6.00. The third-order valence-corrected chi connectivity index (χ3v) is 6.84. The molecule has 0 aliphatic carbocycles. The Bertz CT molecular complexity index is 1290. The fraction of sp³-hybridized carbons (Fsp3) is 0.357. The van der Waals surface area contributed by atoms with E-state index in [1.807, 2.05) is 43.0 Å². The molecule has 2 aliphatic heterocycles. The van der Waals surface area contributed by atoms with Crippen molar-refractivity contribution in [3.63, 3.8) is 0 Å². The SMILES string of the molecule is C=CCOc1ccc(C2c3c(-c4c(C)cc(C)cc4O)n[nH]c3C(=O)N2CC2CCCO2)cc1OC. The Morgan fingerprint density at radius 2 is 2.11 bits per heavy atom. The Morgan fingerprint density at radius 1 is 1.28 bits per heavy atom. The van der Waals surface area contributed by atoms with Gasteiger partial charge in [0.05, 0.1) is 19.3 Å². The van der Waals surface area contributed by atoms with Crippen LogP contribution in [0, 0.1) is 13.8 Å². The monoisotopic (exact) mass is 489 g/mol. The minimum Gasteiger partial charge on any atom is -0.507 e. The van der Waals surface area contributed by atoms with E-state index in [1.165, 1.54) is 0 Å². The predicted octanol–water partition coefficient (Wildman–Crippen LogP) is 4.70. The van der Waals surface area contributed by atoms with Crippen LogP contribution in [0.25, 0.3) is 11.3 Å². The molecule has 0 spiro atoms. The Hall–Kier alpha value is -3.78. The molecule has 0 bridgehead atoms. The van der Waals surface area contributed by atoms with Gasteiger partial charge in [0.15, 0.2) is 11.5 Å². The number of aromatic nitrogens is 2. The van der Waals surface area contributed by atoms with Crippen molar-refractivity contribution >= 4 is 5.91 Å². The van der Waals surface area contributed by atoms with Gasteiger partial charge in [-0.3, -0.25) is 9.89 Å². The van der Waals surface area contributed by atoms with Gasteiger partial charge in [-0.2, -0.15) is 5.10 Å². The lowest BCUT2D eigenvalue weighted by Gasteiger charge is -2.29. The normalized spacial score (nSPS) is 19.0. The number of aryl methyl sites for hydroxylation is 2. The van der Waals surface area contributed by atoms with Crippen LogP contribution < -0.4 is 9.47 Å². The summed E-state index contributed by atoms with van der Waals surface area (Å²) in [5.74, 6) is 1.15. The largest absolute Gasteiger partial charge is 0.507 e. The van der Waals surface area contributed by atoms with E-state index < -0.39 is 6.04 Å². The minimum absolute atomic E-state index is 0.0246. The van der Waals surface area contributed by atoms with E-state index in [1.54, 1.807) is 19.3 Å². The maximum atomic E-state index is 13.7. The number of amides is 1. The van der Waals surface area contributed by atoms with Gasteiger partial charge in [-0.05, 0) is 61.6 Å². The Morgan fingerprint density at radius 3 is 2.81 bits per heavy atom. The average molecular weight is 490 g/mol. The molecule has 8 nitrogen and oxygen atoms in total. The number of benzene rings is 2. The van der Waals surface area contributed by atoms with E-state index in [-0.39, 0.29) is 17.8 Å². The molecule has 2 atom stereocenters. The smallest absolute Gasteiger partial charge is 0.273 e. The first-order chi connectivity index (χ1) is 17.4. The second-order valence-electron chi connectivity index (χ2n) is 9.34. The number of phenols is 1. The highest BCUT2D eigenvalue weighted by Gasteiger charge is 2.44. The highest BCUT2D eigenvalue weighted by Crippen LogP contribution is 2.47. The van der Waals surface area contributed by atoms with Crippen LogP contribution >= 0.6 is 0 Å². The second-order valence-corrected chi connectivity index (χ2v) is 9.34. The number of aromatic hydroxyl groups is 1. The number of methoxy groups -OCH3 is 1. The molecule has 1 saturated heterocycles. The van der Waals surface area contributed by atoms with Gasteiger partial charge in [-0.15, -0.1) is 0 Å². The van der Waals surface area contributed by atoms with Gasteiger partial charge in [0.25, 0.3) is 5.91 Å². The molecule has 1 amide bonds. The Balaban J connectivity index is 1.65. The van der Waals surface area contributed by atoms with Gasteiger partial charge < -0.3 is 24.2 Å². The molecular weight excluding hydrogens is 458 g/mol.